The first-order valence-corrected chi connectivity index (χ1v) is 8.17. The Morgan fingerprint density at radius 3 is 2.47 bits per heavy atom. The lowest BCUT2D eigenvalue weighted by Crippen LogP contribution is -2.67. The number of rotatable bonds is 6. The van der Waals surface area contributed by atoms with E-state index in [1.807, 2.05) is 0 Å². The van der Waals surface area contributed by atoms with Crippen LogP contribution in [0.1, 0.15) is 39.5 Å². The molecule has 0 aromatic heterocycles. The Labute approximate surface area is 118 Å². The zero-order valence-electron chi connectivity index (χ0n) is 12.8. The minimum Gasteiger partial charge on any atom is -0.314 e. The van der Waals surface area contributed by atoms with E-state index in [0.29, 0.717) is 11.6 Å². The van der Waals surface area contributed by atoms with Gasteiger partial charge in [-0.2, -0.15) is 0 Å². The maximum Gasteiger partial charge on any atom is 0.0375 e. The van der Waals surface area contributed by atoms with E-state index in [1.165, 1.54) is 38.8 Å². The molecule has 4 nitrogen and oxygen atoms in total. The molecule has 2 fully saturated rings. The summed E-state index contributed by atoms with van der Waals surface area (Å²) in [5.74, 6) is 0. The second-order valence-electron chi connectivity index (χ2n) is 6.26. The second-order valence-corrected chi connectivity index (χ2v) is 6.26. The van der Waals surface area contributed by atoms with Crippen LogP contribution in [0.4, 0.5) is 0 Å². The van der Waals surface area contributed by atoms with Crippen molar-refractivity contribution in [1.29, 1.82) is 0 Å². The highest BCUT2D eigenvalue weighted by Crippen LogP contribution is 2.27. The van der Waals surface area contributed by atoms with Crippen LogP contribution in [-0.4, -0.2) is 62.3 Å². The fourth-order valence-electron chi connectivity index (χ4n) is 3.55. The summed E-state index contributed by atoms with van der Waals surface area (Å²) in [7, 11) is 0. The number of unbranched alkanes of at least 4 members (excludes halogenated alkanes) is 2. The highest BCUT2D eigenvalue weighted by Gasteiger charge is 2.39. The molecular weight excluding hydrogens is 236 g/mol. The summed E-state index contributed by atoms with van der Waals surface area (Å²) in [6.45, 7) is 12.8. The minimum atomic E-state index is 0.310. The summed E-state index contributed by atoms with van der Waals surface area (Å²) in [5, 5.41) is 10.8. The third-order valence-electron chi connectivity index (χ3n) is 4.92. The Morgan fingerprint density at radius 2 is 1.84 bits per heavy atom. The first-order chi connectivity index (χ1) is 9.27. The topological polar surface area (TPSA) is 39.3 Å². The molecule has 19 heavy (non-hydrogen) atoms. The zero-order valence-corrected chi connectivity index (χ0v) is 12.8. The van der Waals surface area contributed by atoms with Gasteiger partial charge >= 0.3 is 0 Å². The molecule has 2 heterocycles. The summed E-state index contributed by atoms with van der Waals surface area (Å²) >= 11 is 0. The van der Waals surface area contributed by atoms with E-state index in [1.54, 1.807) is 0 Å². The molecule has 4 heteroatoms. The Bertz CT molecular complexity index is 227. The van der Waals surface area contributed by atoms with E-state index in [4.69, 9.17) is 0 Å². The third kappa shape index (κ3) is 3.91. The van der Waals surface area contributed by atoms with Crippen molar-refractivity contribution in [2.45, 2.75) is 51.1 Å². The van der Waals surface area contributed by atoms with Gasteiger partial charge in [-0.1, -0.05) is 26.2 Å². The van der Waals surface area contributed by atoms with Gasteiger partial charge in [0.15, 0.2) is 0 Å². The van der Waals surface area contributed by atoms with Gasteiger partial charge in [-0.25, -0.2) is 0 Å². The number of piperazine rings is 2. The molecule has 2 rings (SSSR count). The van der Waals surface area contributed by atoms with Gasteiger partial charge in [0.25, 0.3) is 0 Å². The highest BCUT2D eigenvalue weighted by atomic mass is 15.3. The second kappa shape index (κ2) is 7.58. The quantitative estimate of drug-likeness (QED) is 0.623. The van der Waals surface area contributed by atoms with Gasteiger partial charge in [-0.05, 0) is 13.3 Å². The standard InChI is InChI=1S/C15H32N4/c1-3-4-5-6-15(2,14-13-17-7-8-18-14)19-11-9-16-10-12-19/h14,16-18H,3-13H2,1-2H3. The molecule has 0 spiro atoms. The van der Waals surface area contributed by atoms with E-state index < -0.39 is 0 Å². The van der Waals surface area contributed by atoms with Crippen molar-refractivity contribution in [3.63, 3.8) is 0 Å². The van der Waals surface area contributed by atoms with Crippen molar-refractivity contribution in [3.8, 4) is 0 Å². The molecule has 0 radical (unpaired) electrons. The number of nitrogens with one attached hydrogen (secondary N) is 3. The Hall–Kier alpha value is -0.160. The molecule has 2 saturated heterocycles. The van der Waals surface area contributed by atoms with Gasteiger partial charge in [0, 0.05) is 57.4 Å². The summed E-state index contributed by atoms with van der Waals surface area (Å²) in [5.41, 5.74) is 0.310. The number of hydrogen-bond donors (Lipinski definition) is 3. The molecule has 2 atom stereocenters. The first kappa shape index (κ1) is 15.2. The molecule has 0 aliphatic carbocycles. The van der Waals surface area contributed by atoms with Gasteiger partial charge in [-0.3, -0.25) is 4.90 Å². The lowest BCUT2D eigenvalue weighted by Gasteiger charge is -2.50. The van der Waals surface area contributed by atoms with Crippen LogP contribution < -0.4 is 16.0 Å². The van der Waals surface area contributed by atoms with Gasteiger partial charge in [-0.15, -0.1) is 0 Å². The van der Waals surface area contributed by atoms with Crippen LogP contribution in [0.3, 0.4) is 0 Å². The maximum absolute atomic E-state index is 3.76. The maximum atomic E-state index is 3.76. The largest absolute Gasteiger partial charge is 0.314 e. The normalized spacial score (nSPS) is 29.1. The summed E-state index contributed by atoms with van der Waals surface area (Å²) in [4.78, 5) is 2.73. The van der Waals surface area contributed by atoms with Crippen LogP contribution in [0, 0.1) is 0 Å². The van der Waals surface area contributed by atoms with Crippen molar-refractivity contribution < 1.29 is 0 Å². The molecule has 0 saturated carbocycles. The van der Waals surface area contributed by atoms with Crippen LogP contribution in [0.15, 0.2) is 0 Å². The van der Waals surface area contributed by atoms with Crippen LogP contribution in [0.5, 0.6) is 0 Å². The molecule has 0 aromatic rings. The Balaban J connectivity index is 2.00. The van der Waals surface area contributed by atoms with Crippen LogP contribution in [0.2, 0.25) is 0 Å². The van der Waals surface area contributed by atoms with E-state index in [9.17, 15) is 0 Å². The number of hydrogen-bond acceptors (Lipinski definition) is 4. The van der Waals surface area contributed by atoms with Gasteiger partial charge in [0.2, 0.25) is 0 Å². The van der Waals surface area contributed by atoms with Crippen LogP contribution >= 0.6 is 0 Å². The Morgan fingerprint density at radius 1 is 1.05 bits per heavy atom. The summed E-state index contributed by atoms with van der Waals surface area (Å²) in [6.07, 6.45) is 5.35. The van der Waals surface area contributed by atoms with E-state index in [0.717, 1.165) is 32.7 Å². The van der Waals surface area contributed by atoms with Gasteiger partial charge in [0.1, 0.15) is 0 Å². The minimum absolute atomic E-state index is 0.310. The van der Waals surface area contributed by atoms with Crippen molar-refractivity contribution in [2.24, 2.45) is 0 Å². The van der Waals surface area contributed by atoms with Crippen LogP contribution in [-0.2, 0) is 0 Å². The zero-order chi connectivity index (χ0) is 13.6. The fraction of sp³-hybridized carbons (Fsp3) is 1.00. The smallest absolute Gasteiger partial charge is 0.0375 e. The predicted octanol–water partition coefficient (Wildman–Crippen LogP) is 0.792. The fourth-order valence-corrected chi connectivity index (χ4v) is 3.55. The first-order valence-electron chi connectivity index (χ1n) is 8.17. The molecule has 112 valence electrons. The molecule has 0 aromatic carbocycles. The number of nitrogens with zero attached hydrogens (tertiary/aromatic N) is 1. The SMILES string of the molecule is CCCCCC(C)(C1CNCCN1)N1CCNCC1. The lowest BCUT2D eigenvalue weighted by molar-refractivity contribution is 0.0385. The molecule has 0 bridgehead atoms. The highest BCUT2D eigenvalue weighted by molar-refractivity contribution is 5.00. The van der Waals surface area contributed by atoms with Crippen molar-refractivity contribution in [2.75, 3.05) is 45.8 Å². The van der Waals surface area contributed by atoms with E-state index >= 15 is 0 Å². The third-order valence-corrected chi connectivity index (χ3v) is 4.92. The molecule has 2 unspecified atom stereocenters. The van der Waals surface area contributed by atoms with Gasteiger partial charge in [0.05, 0.1) is 0 Å². The predicted molar refractivity (Wildman–Crippen MR) is 81.7 cm³/mol. The van der Waals surface area contributed by atoms with E-state index in [-0.39, 0.29) is 0 Å². The average molecular weight is 268 g/mol. The monoisotopic (exact) mass is 268 g/mol. The molecule has 2 aliphatic rings. The molecule has 2 aliphatic heterocycles. The van der Waals surface area contributed by atoms with Crippen LogP contribution in [0.25, 0.3) is 0 Å². The summed E-state index contributed by atoms with van der Waals surface area (Å²) in [6, 6.07) is 0.594. The van der Waals surface area contributed by atoms with Crippen molar-refractivity contribution >= 4 is 0 Å². The molecular formula is C15H32N4. The van der Waals surface area contributed by atoms with E-state index in [2.05, 4.69) is 34.7 Å². The molecule has 0 amide bonds. The van der Waals surface area contributed by atoms with Crippen molar-refractivity contribution in [1.82, 2.24) is 20.9 Å². The van der Waals surface area contributed by atoms with Crippen molar-refractivity contribution in [3.05, 3.63) is 0 Å². The molecule has 3 N–H and O–H groups in total. The lowest BCUT2D eigenvalue weighted by atomic mass is 9.83. The average Bonchev–Trinajstić information content (AvgIpc) is 2.49. The Kier molecular flexibility index (Phi) is 6.07. The summed E-state index contributed by atoms with van der Waals surface area (Å²) < 4.78 is 0. The van der Waals surface area contributed by atoms with Gasteiger partial charge < -0.3 is 16.0 Å².